The number of benzene rings is 1. The van der Waals surface area contributed by atoms with Gasteiger partial charge < -0.3 is 10.1 Å². The normalized spacial score (nSPS) is 14.2. The Kier molecular flexibility index (Phi) is 1.97. The van der Waals surface area contributed by atoms with Crippen molar-refractivity contribution < 1.29 is 4.74 Å². The van der Waals surface area contributed by atoms with Gasteiger partial charge in [-0.1, -0.05) is 6.07 Å². The average Bonchev–Trinajstić information content (AvgIpc) is 2.16. The summed E-state index contributed by atoms with van der Waals surface area (Å²) in [6.45, 7) is 2.99. The third-order valence-electron chi connectivity index (χ3n) is 2.28. The van der Waals surface area contributed by atoms with Gasteiger partial charge in [0.15, 0.2) is 0 Å². The summed E-state index contributed by atoms with van der Waals surface area (Å²) in [5, 5.41) is 3.30. The van der Waals surface area contributed by atoms with Gasteiger partial charge in [-0.2, -0.15) is 0 Å². The van der Waals surface area contributed by atoms with Gasteiger partial charge in [0.1, 0.15) is 5.75 Å². The van der Waals surface area contributed by atoms with Crippen molar-refractivity contribution in [3.8, 4) is 5.75 Å². The minimum Gasteiger partial charge on any atom is -0.497 e. The summed E-state index contributed by atoms with van der Waals surface area (Å²) in [6, 6.07) is 6.17. The fraction of sp³-hybridized carbons (Fsp3) is 0.273. The first-order valence-corrected chi connectivity index (χ1v) is 4.38. The molecule has 0 unspecified atom stereocenters. The predicted octanol–water partition coefficient (Wildman–Crippen LogP) is 2.16. The quantitative estimate of drug-likeness (QED) is 0.706. The molecular formula is C11H13NO. The van der Waals surface area contributed by atoms with Crippen LogP contribution in [-0.2, 0) is 6.54 Å². The van der Waals surface area contributed by atoms with Gasteiger partial charge in [0.25, 0.3) is 0 Å². The highest BCUT2D eigenvalue weighted by atomic mass is 16.5. The molecular weight excluding hydrogens is 162 g/mol. The Balaban J connectivity index is 2.45. The maximum atomic E-state index is 5.17. The molecule has 0 fully saturated rings. The van der Waals surface area contributed by atoms with Gasteiger partial charge in [-0.15, -0.1) is 0 Å². The largest absolute Gasteiger partial charge is 0.497 e. The fourth-order valence-electron chi connectivity index (χ4n) is 1.51. The van der Waals surface area contributed by atoms with Crippen molar-refractivity contribution in [1.82, 2.24) is 5.32 Å². The number of methoxy groups -OCH3 is 1. The molecule has 0 atom stereocenters. The zero-order valence-corrected chi connectivity index (χ0v) is 7.92. The Morgan fingerprint density at radius 1 is 1.38 bits per heavy atom. The summed E-state index contributed by atoms with van der Waals surface area (Å²) in [4.78, 5) is 0. The Hall–Kier alpha value is -1.44. The SMILES string of the molecule is COc1ccc2c(c1)C=C(C)NC2. The highest BCUT2D eigenvalue weighted by molar-refractivity contribution is 5.60. The predicted molar refractivity (Wildman–Crippen MR) is 53.5 cm³/mol. The molecule has 1 aromatic carbocycles. The zero-order valence-electron chi connectivity index (χ0n) is 7.92. The molecule has 0 saturated carbocycles. The second-order valence-corrected chi connectivity index (χ2v) is 3.25. The molecule has 0 aromatic heterocycles. The van der Waals surface area contributed by atoms with E-state index in [1.165, 1.54) is 16.8 Å². The van der Waals surface area contributed by atoms with Crippen LogP contribution in [0.2, 0.25) is 0 Å². The van der Waals surface area contributed by atoms with Gasteiger partial charge in [0.2, 0.25) is 0 Å². The maximum absolute atomic E-state index is 5.17. The molecule has 1 aliphatic rings. The van der Waals surface area contributed by atoms with Gasteiger partial charge in [-0.05, 0) is 36.3 Å². The Morgan fingerprint density at radius 2 is 2.23 bits per heavy atom. The van der Waals surface area contributed by atoms with E-state index < -0.39 is 0 Å². The number of hydrogen-bond donors (Lipinski definition) is 1. The van der Waals surface area contributed by atoms with E-state index in [9.17, 15) is 0 Å². The smallest absolute Gasteiger partial charge is 0.119 e. The fourth-order valence-corrected chi connectivity index (χ4v) is 1.51. The minimum absolute atomic E-state index is 0.918. The van der Waals surface area contributed by atoms with Gasteiger partial charge >= 0.3 is 0 Å². The van der Waals surface area contributed by atoms with Crippen LogP contribution in [0, 0.1) is 0 Å². The van der Waals surface area contributed by atoms with Crippen molar-refractivity contribution in [1.29, 1.82) is 0 Å². The van der Waals surface area contributed by atoms with E-state index >= 15 is 0 Å². The molecule has 2 rings (SSSR count). The highest BCUT2D eigenvalue weighted by Crippen LogP contribution is 2.22. The zero-order chi connectivity index (χ0) is 9.26. The van der Waals surface area contributed by atoms with Crippen molar-refractivity contribution >= 4 is 6.08 Å². The molecule has 1 aromatic rings. The molecule has 0 bridgehead atoms. The highest BCUT2D eigenvalue weighted by Gasteiger charge is 2.07. The van der Waals surface area contributed by atoms with Crippen LogP contribution in [0.25, 0.3) is 6.08 Å². The molecule has 68 valence electrons. The van der Waals surface area contributed by atoms with Gasteiger partial charge in [0, 0.05) is 12.2 Å². The summed E-state index contributed by atoms with van der Waals surface area (Å²) in [7, 11) is 1.69. The van der Waals surface area contributed by atoms with Crippen LogP contribution in [0.15, 0.2) is 23.9 Å². The number of rotatable bonds is 1. The van der Waals surface area contributed by atoms with E-state index in [-0.39, 0.29) is 0 Å². The first-order chi connectivity index (χ1) is 6.29. The number of ether oxygens (including phenoxy) is 1. The lowest BCUT2D eigenvalue weighted by Crippen LogP contribution is -2.15. The van der Waals surface area contributed by atoms with E-state index in [2.05, 4.69) is 30.4 Å². The monoisotopic (exact) mass is 175 g/mol. The van der Waals surface area contributed by atoms with Crippen LogP contribution in [0.4, 0.5) is 0 Å². The maximum Gasteiger partial charge on any atom is 0.119 e. The minimum atomic E-state index is 0.918. The van der Waals surface area contributed by atoms with Crippen molar-refractivity contribution in [2.75, 3.05) is 7.11 Å². The Bertz CT molecular complexity index is 355. The van der Waals surface area contributed by atoms with E-state index in [1.807, 2.05) is 6.07 Å². The van der Waals surface area contributed by atoms with E-state index in [1.54, 1.807) is 7.11 Å². The molecule has 0 saturated heterocycles. The Labute approximate surface area is 78.2 Å². The van der Waals surface area contributed by atoms with Gasteiger partial charge in [-0.25, -0.2) is 0 Å². The number of nitrogens with one attached hydrogen (secondary N) is 1. The van der Waals surface area contributed by atoms with Gasteiger partial charge in [0.05, 0.1) is 7.11 Å². The first kappa shape index (κ1) is 8.17. The molecule has 0 amide bonds. The van der Waals surface area contributed by atoms with E-state index in [0.717, 1.165) is 12.3 Å². The molecule has 1 heterocycles. The third-order valence-corrected chi connectivity index (χ3v) is 2.28. The lowest BCUT2D eigenvalue weighted by Gasteiger charge is -2.16. The summed E-state index contributed by atoms with van der Waals surface area (Å²) < 4.78 is 5.17. The second kappa shape index (κ2) is 3.13. The van der Waals surface area contributed by atoms with Crippen LogP contribution in [0.5, 0.6) is 5.75 Å². The molecule has 1 aliphatic heterocycles. The van der Waals surface area contributed by atoms with Crippen LogP contribution in [0.1, 0.15) is 18.1 Å². The number of fused-ring (bicyclic) bond motifs is 1. The van der Waals surface area contributed by atoms with Crippen molar-refractivity contribution in [3.63, 3.8) is 0 Å². The molecule has 0 aliphatic carbocycles. The summed E-state index contributed by atoms with van der Waals surface area (Å²) in [5.74, 6) is 0.921. The van der Waals surface area contributed by atoms with Crippen LogP contribution in [-0.4, -0.2) is 7.11 Å². The van der Waals surface area contributed by atoms with Gasteiger partial charge in [-0.3, -0.25) is 0 Å². The number of allylic oxidation sites excluding steroid dienone is 1. The van der Waals surface area contributed by atoms with E-state index in [0.29, 0.717) is 0 Å². The molecule has 13 heavy (non-hydrogen) atoms. The molecule has 0 radical (unpaired) electrons. The Morgan fingerprint density at radius 3 is 3.00 bits per heavy atom. The van der Waals surface area contributed by atoms with Crippen LogP contribution < -0.4 is 10.1 Å². The standard InChI is InChI=1S/C11H13NO/c1-8-5-10-6-11(13-2)4-3-9(10)7-12-8/h3-6,12H,7H2,1-2H3. The lowest BCUT2D eigenvalue weighted by molar-refractivity contribution is 0.414. The first-order valence-electron chi connectivity index (χ1n) is 4.38. The summed E-state index contributed by atoms with van der Waals surface area (Å²) >= 11 is 0. The third kappa shape index (κ3) is 1.52. The van der Waals surface area contributed by atoms with Crippen molar-refractivity contribution in [2.24, 2.45) is 0 Å². The van der Waals surface area contributed by atoms with Crippen molar-refractivity contribution in [2.45, 2.75) is 13.5 Å². The number of hydrogen-bond acceptors (Lipinski definition) is 2. The summed E-state index contributed by atoms with van der Waals surface area (Å²) in [6.07, 6.45) is 2.14. The molecule has 2 heteroatoms. The average molecular weight is 175 g/mol. The second-order valence-electron chi connectivity index (χ2n) is 3.25. The molecule has 2 nitrogen and oxygen atoms in total. The van der Waals surface area contributed by atoms with E-state index in [4.69, 9.17) is 4.74 Å². The summed E-state index contributed by atoms with van der Waals surface area (Å²) in [5.41, 5.74) is 3.79. The van der Waals surface area contributed by atoms with Crippen LogP contribution in [0.3, 0.4) is 0 Å². The van der Waals surface area contributed by atoms with Crippen molar-refractivity contribution in [3.05, 3.63) is 35.0 Å². The molecule has 1 N–H and O–H groups in total. The van der Waals surface area contributed by atoms with Crippen LogP contribution >= 0.6 is 0 Å². The molecule has 0 spiro atoms. The topological polar surface area (TPSA) is 21.3 Å². The lowest BCUT2D eigenvalue weighted by atomic mass is 10.0.